The summed E-state index contributed by atoms with van der Waals surface area (Å²) in [6.45, 7) is 1.00. The zero-order valence-electron chi connectivity index (χ0n) is 17.3. The van der Waals surface area contributed by atoms with Gasteiger partial charge in [0, 0.05) is 26.2 Å². The van der Waals surface area contributed by atoms with Crippen molar-refractivity contribution in [3.63, 3.8) is 0 Å². The number of alkyl halides is 3. The summed E-state index contributed by atoms with van der Waals surface area (Å²) in [6.07, 6.45) is -2.98. The van der Waals surface area contributed by atoms with E-state index in [9.17, 15) is 27.2 Å². The lowest BCUT2D eigenvalue weighted by atomic mass is 10.1. The third-order valence-corrected chi connectivity index (χ3v) is 5.34. The molecule has 1 aromatic heterocycles. The first-order chi connectivity index (χ1) is 15.8. The number of amides is 2. The molecule has 172 valence electrons. The molecule has 4 rings (SSSR count). The largest absolute Gasteiger partial charge is 0.418 e. The summed E-state index contributed by atoms with van der Waals surface area (Å²) in [5.41, 5.74) is -1.29. The van der Waals surface area contributed by atoms with Gasteiger partial charge in [0.2, 0.25) is 0 Å². The topological polar surface area (TPSA) is 71.3 Å². The molecule has 7 nitrogen and oxygen atoms in total. The summed E-state index contributed by atoms with van der Waals surface area (Å²) in [7, 11) is 0. The molecule has 3 aromatic rings. The van der Waals surface area contributed by atoms with E-state index < -0.39 is 29.4 Å². The van der Waals surface area contributed by atoms with E-state index in [-0.39, 0.29) is 30.0 Å². The van der Waals surface area contributed by atoms with Gasteiger partial charge in [-0.1, -0.05) is 29.5 Å². The van der Waals surface area contributed by atoms with Gasteiger partial charge >= 0.3 is 6.18 Å². The first-order valence-corrected chi connectivity index (χ1v) is 10.2. The first kappa shape index (κ1) is 22.4. The highest BCUT2D eigenvalue weighted by Crippen LogP contribution is 2.33. The van der Waals surface area contributed by atoms with Crippen LogP contribution in [-0.4, -0.2) is 62.8 Å². The van der Waals surface area contributed by atoms with Gasteiger partial charge in [-0.15, -0.1) is 5.10 Å². The number of hydrogen-bond donors (Lipinski definition) is 0. The molecule has 0 atom stereocenters. The van der Waals surface area contributed by atoms with Gasteiger partial charge in [-0.3, -0.25) is 9.59 Å². The molecule has 11 heteroatoms. The minimum absolute atomic E-state index is 0.0384. The third-order valence-electron chi connectivity index (χ3n) is 5.34. The molecule has 1 saturated heterocycles. The van der Waals surface area contributed by atoms with Crippen molar-refractivity contribution >= 4 is 11.8 Å². The second-order valence-corrected chi connectivity index (χ2v) is 7.48. The molecule has 1 aliphatic heterocycles. The van der Waals surface area contributed by atoms with Crippen molar-refractivity contribution in [3.8, 4) is 5.69 Å². The van der Waals surface area contributed by atoms with Crippen LogP contribution in [-0.2, 0) is 6.18 Å². The Bertz CT molecular complexity index is 1180. The molecule has 0 unspecified atom stereocenters. The molecule has 0 aliphatic carbocycles. The summed E-state index contributed by atoms with van der Waals surface area (Å²) < 4.78 is 54.8. The van der Waals surface area contributed by atoms with E-state index in [0.717, 1.165) is 16.9 Å². The van der Waals surface area contributed by atoms with Crippen LogP contribution < -0.4 is 0 Å². The van der Waals surface area contributed by atoms with Crippen molar-refractivity contribution in [2.45, 2.75) is 12.6 Å². The maximum absolute atomic E-state index is 14.0. The van der Waals surface area contributed by atoms with Crippen LogP contribution in [0.25, 0.3) is 5.69 Å². The highest BCUT2D eigenvalue weighted by molar-refractivity contribution is 5.95. The highest BCUT2D eigenvalue weighted by atomic mass is 19.4. The Kier molecular flexibility index (Phi) is 6.12. The van der Waals surface area contributed by atoms with E-state index in [4.69, 9.17) is 0 Å². The zero-order valence-corrected chi connectivity index (χ0v) is 17.3. The third kappa shape index (κ3) is 4.71. The lowest BCUT2D eigenvalue weighted by molar-refractivity contribution is -0.137. The average molecular weight is 461 g/mol. The molecule has 0 N–H and O–H groups in total. The number of hydrogen-bond acceptors (Lipinski definition) is 4. The number of rotatable bonds is 3. The predicted molar refractivity (Wildman–Crippen MR) is 109 cm³/mol. The predicted octanol–water partition coefficient (Wildman–Crippen LogP) is 3.41. The van der Waals surface area contributed by atoms with Gasteiger partial charge in [-0.2, -0.15) is 13.2 Å². The Balaban J connectivity index is 1.48. The molecular weight excluding hydrogens is 442 g/mol. The Morgan fingerprint density at radius 3 is 2.18 bits per heavy atom. The van der Waals surface area contributed by atoms with E-state index in [1.54, 1.807) is 6.07 Å². The summed E-state index contributed by atoms with van der Waals surface area (Å²) in [4.78, 5) is 28.5. The van der Waals surface area contributed by atoms with Gasteiger partial charge in [-0.25, -0.2) is 9.07 Å². The number of aromatic nitrogens is 3. The van der Waals surface area contributed by atoms with Crippen molar-refractivity contribution in [3.05, 3.63) is 77.4 Å². The molecule has 33 heavy (non-hydrogen) atoms. The molecule has 2 amide bonds. The van der Waals surface area contributed by atoms with E-state index >= 15 is 0 Å². The minimum atomic E-state index is -4.59. The van der Waals surface area contributed by atoms with Gasteiger partial charge in [0.15, 0.2) is 5.69 Å². The fraction of sp³-hybridized carbons (Fsp3) is 0.273. The molecule has 1 fully saturated rings. The van der Waals surface area contributed by atoms with Crippen LogP contribution in [0.3, 0.4) is 0 Å². The highest BCUT2D eigenvalue weighted by Gasteiger charge is 2.34. The van der Waals surface area contributed by atoms with Gasteiger partial charge < -0.3 is 9.80 Å². The quantitative estimate of drug-likeness (QED) is 0.561. The van der Waals surface area contributed by atoms with Crippen molar-refractivity contribution in [2.75, 3.05) is 26.2 Å². The molecular formula is C22H19F4N5O2. The minimum Gasteiger partial charge on any atom is -0.337 e. The molecule has 0 radical (unpaired) electrons. The molecule has 2 aromatic carbocycles. The zero-order chi connectivity index (χ0) is 23.6. The van der Waals surface area contributed by atoms with Crippen LogP contribution in [0.1, 0.15) is 32.8 Å². The Morgan fingerprint density at radius 2 is 1.48 bits per heavy atom. The fourth-order valence-corrected chi connectivity index (χ4v) is 3.68. The lowest BCUT2D eigenvalue weighted by Crippen LogP contribution is -2.37. The van der Waals surface area contributed by atoms with Crippen molar-refractivity contribution < 1.29 is 27.2 Å². The Hall–Kier alpha value is -3.76. The lowest BCUT2D eigenvalue weighted by Gasteiger charge is -2.22. The van der Waals surface area contributed by atoms with Crippen molar-refractivity contribution in [1.29, 1.82) is 0 Å². The van der Waals surface area contributed by atoms with Gasteiger partial charge in [0.05, 0.1) is 23.0 Å². The normalized spacial score (nSPS) is 14.8. The number of para-hydroxylation sites is 1. The van der Waals surface area contributed by atoms with Gasteiger partial charge in [0.1, 0.15) is 5.82 Å². The summed E-state index contributed by atoms with van der Waals surface area (Å²) in [6, 6.07) is 10.5. The maximum atomic E-state index is 14.0. The average Bonchev–Trinajstić information content (AvgIpc) is 3.16. The van der Waals surface area contributed by atoms with Crippen LogP contribution in [0.4, 0.5) is 17.6 Å². The van der Waals surface area contributed by atoms with Gasteiger partial charge in [0.25, 0.3) is 11.8 Å². The van der Waals surface area contributed by atoms with Crippen LogP contribution in [0.5, 0.6) is 0 Å². The molecule has 1 aliphatic rings. The molecule has 0 bridgehead atoms. The number of benzene rings is 2. The van der Waals surface area contributed by atoms with Crippen LogP contribution in [0, 0.1) is 5.82 Å². The Labute approximate surface area is 186 Å². The number of nitrogens with zero attached hydrogens (tertiary/aromatic N) is 5. The van der Waals surface area contributed by atoms with Crippen LogP contribution in [0.15, 0.2) is 54.7 Å². The van der Waals surface area contributed by atoms with Crippen molar-refractivity contribution in [2.24, 2.45) is 0 Å². The SMILES string of the molecule is O=C(c1cn(-c2ccccc2C(F)(F)F)nn1)N1CCCN(C(=O)c2ccccc2F)CC1. The second kappa shape index (κ2) is 9.00. The first-order valence-electron chi connectivity index (χ1n) is 10.2. The standard InChI is InChI=1S/C22H19F4N5O2/c23-17-8-3-1-6-15(17)20(32)29-10-5-11-30(13-12-29)21(33)18-14-31(28-27-18)19-9-4-2-7-16(19)22(24,25)26/h1-4,6-9,14H,5,10-13H2. The number of halogens is 4. The van der Waals surface area contributed by atoms with Gasteiger partial charge in [-0.05, 0) is 30.7 Å². The second-order valence-electron chi connectivity index (χ2n) is 7.48. The van der Waals surface area contributed by atoms with E-state index in [1.807, 2.05) is 0 Å². The monoisotopic (exact) mass is 461 g/mol. The fourth-order valence-electron chi connectivity index (χ4n) is 3.68. The summed E-state index contributed by atoms with van der Waals surface area (Å²) in [5, 5.41) is 7.46. The summed E-state index contributed by atoms with van der Waals surface area (Å²) >= 11 is 0. The molecule has 0 spiro atoms. The maximum Gasteiger partial charge on any atom is 0.418 e. The van der Waals surface area contributed by atoms with Crippen LogP contribution >= 0.6 is 0 Å². The number of carbonyl (C=O) groups is 2. The van der Waals surface area contributed by atoms with Crippen molar-refractivity contribution in [1.82, 2.24) is 24.8 Å². The summed E-state index contributed by atoms with van der Waals surface area (Å²) in [5.74, 6) is -1.58. The van der Waals surface area contributed by atoms with Crippen LogP contribution in [0.2, 0.25) is 0 Å². The van der Waals surface area contributed by atoms with E-state index in [0.29, 0.717) is 19.5 Å². The Morgan fingerprint density at radius 1 is 0.848 bits per heavy atom. The molecule has 0 saturated carbocycles. The van der Waals surface area contributed by atoms with E-state index in [1.165, 1.54) is 46.2 Å². The number of carbonyl (C=O) groups excluding carboxylic acids is 2. The molecule has 2 heterocycles. The van der Waals surface area contributed by atoms with E-state index in [2.05, 4.69) is 10.3 Å². The smallest absolute Gasteiger partial charge is 0.337 e.